The van der Waals surface area contributed by atoms with E-state index in [9.17, 15) is 49.2 Å². The minimum absolute atomic E-state index is 0.0248. The molecule has 8 atom stereocenters. The standard InChI is InChI=1S/C29H33N3O3.C28H31N3O4.C28H33N3O2.C27H31N3O3/c1-4-27(26(29(34)35-3)17-20-7-5-9-24(15-20)19(2)31)32-28(33)23-13-11-22(12-14-23)25-10-6-8-21(16-25)18-30;1-18(30)23-7-3-5-19(13-23)15-25(28(34)35-2)26(17-32)31-27(33)22-11-9-21(10-12-22)24-8-4-6-20(14-24)16-29;1-3-27(26(18-32)15-20-6-4-8-24(14-20)19(2)30)31-28(33)23-12-10-22(11-13-23)25-9-5-7-21(16-25)17-29;1-18(29)23-6-2-4-19(12-23)13-25(16-31)26(17-32)30-27(33)22-10-8-21(9-11-22)24-7-3-5-20(14-24)15-28/h5-16,26-27H,2,4,17-18,30-31H2,1,3H3,(H,32,33);3-14,25-26,32H,1,15-17,29-30H2,2H3,(H,31,33);4-14,16,26-27,32H,2-3,15,17-18,29-30H2,1H3,(H,31,33);2-12,14,25-26,31-32H,1,13,15-17,28-29H2,(H,30,33). The van der Waals surface area contributed by atoms with Crippen molar-refractivity contribution in [1.29, 1.82) is 0 Å². The summed E-state index contributed by atoms with van der Waals surface area (Å²) in [5, 5.41) is 51.7. The van der Waals surface area contributed by atoms with Crippen LogP contribution in [0.2, 0.25) is 0 Å². The molecule has 24 nitrogen and oxygen atoms in total. The van der Waals surface area contributed by atoms with Crippen molar-refractivity contribution in [1.82, 2.24) is 21.3 Å². The molecule has 708 valence electrons. The Bertz CT molecular complexity index is 5660. The summed E-state index contributed by atoms with van der Waals surface area (Å²) in [5.74, 6) is -3.81. The molecular weight excluding hydrogens is 1710 g/mol. The van der Waals surface area contributed by atoms with Crippen LogP contribution in [0.1, 0.15) is 135 Å². The number of benzene rings is 12. The van der Waals surface area contributed by atoms with Crippen molar-refractivity contribution in [2.75, 3.05) is 40.6 Å². The molecule has 0 aliphatic rings. The average Bonchev–Trinajstić information content (AvgIpc) is 0.839. The first-order valence-electron chi connectivity index (χ1n) is 45.2. The maximum absolute atomic E-state index is 13.1. The number of aliphatic hydroxyl groups is 4. The third-order valence-corrected chi connectivity index (χ3v) is 23.8. The summed E-state index contributed by atoms with van der Waals surface area (Å²) < 4.78 is 10.0. The van der Waals surface area contributed by atoms with E-state index >= 15 is 0 Å². The van der Waals surface area contributed by atoms with Crippen LogP contribution in [0.3, 0.4) is 0 Å². The molecule has 4 amide bonds. The molecule has 0 aliphatic heterocycles. The van der Waals surface area contributed by atoms with E-state index in [0.29, 0.717) is 103 Å². The number of methoxy groups -OCH3 is 2. The smallest absolute Gasteiger partial charge is 0.311 e. The van der Waals surface area contributed by atoms with E-state index in [2.05, 4.69) is 53.6 Å². The zero-order chi connectivity index (χ0) is 98.3. The number of hydrogen-bond acceptors (Lipinski definition) is 20. The highest BCUT2D eigenvalue weighted by atomic mass is 16.5. The van der Waals surface area contributed by atoms with Gasteiger partial charge in [-0.25, -0.2) is 0 Å². The van der Waals surface area contributed by atoms with Gasteiger partial charge in [-0.05, 0) is 247 Å². The summed E-state index contributed by atoms with van der Waals surface area (Å²) >= 11 is 0. The van der Waals surface area contributed by atoms with Gasteiger partial charge < -0.3 is 97.0 Å². The summed E-state index contributed by atoms with van der Waals surface area (Å²) in [5.41, 5.74) is 69.2. The maximum Gasteiger partial charge on any atom is 0.311 e. The third kappa shape index (κ3) is 30.7. The highest BCUT2D eigenvalue weighted by Gasteiger charge is 2.33. The minimum atomic E-state index is -0.847. The Labute approximate surface area is 797 Å². The van der Waals surface area contributed by atoms with E-state index < -0.39 is 48.4 Å². The number of carbonyl (C=O) groups is 6. The molecule has 24 N–H and O–H groups in total. The van der Waals surface area contributed by atoms with Crippen molar-refractivity contribution in [3.63, 3.8) is 0 Å². The number of hydrogen-bond donors (Lipinski definition) is 16. The van der Waals surface area contributed by atoms with Crippen molar-refractivity contribution < 1.29 is 58.7 Å². The lowest BCUT2D eigenvalue weighted by Crippen LogP contribution is -2.47. The second kappa shape index (κ2) is 53.3. The van der Waals surface area contributed by atoms with Gasteiger partial charge in [-0.1, -0.05) is 234 Å². The monoisotopic (exact) mass is 1830 g/mol. The van der Waals surface area contributed by atoms with Gasteiger partial charge in [0.05, 0.1) is 51.4 Å². The van der Waals surface area contributed by atoms with Crippen molar-refractivity contribution >= 4 is 58.4 Å². The lowest BCUT2D eigenvalue weighted by molar-refractivity contribution is -0.147. The second-order valence-electron chi connectivity index (χ2n) is 33.3. The summed E-state index contributed by atoms with van der Waals surface area (Å²) in [6, 6.07) is 89.5. The molecule has 136 heavy (non-hydrogen) atoms. The third-order valence-electron chi connectivity index (χ3n) is 23.8. The van der Waals surface area contributed by atoms with E-state index in [0.717, 1.165) is 111 Å². The van der Waals surface area contributed by atoms with Crippen molar-refractivity contribution in [2.45, 2.75) is 103 Å². The zero-order valence-corrected chi connectivity index (χ0v) is 77.7. The van der Waals surface area contributed by atoms with Crippen LogP contribution < -0.4 is 67.1 Å². The van der Waals surface area contributed by atoms with E-state index in [1.807, 2.05) is 263 Å². The Hall–Kier alpha value is -14.7. The second-order valence-corrected chi connectivity index (χ2v) is 33.3. The molecule has 0 heterocycles. The Morgan fingerprint density at radius 3 is 0.743 bits per heavy atom. The molecule has 12 rings (SSSR count). The molecule has 0 bridgehead atoms. The van der Waals surface area contributed by atoms with Gasteiger partial charge in [-0.2, -0.15) is 0 Å². The number of esters is 2. The van der Waals surface area contributed by atoms with Crippen molar-refractivity contribution in [2.24, 2.45) is 69.5 Å². The van der Waals surface area contributed by atoms with Gasteiger partial charge in [0.2, 0.25) is 0 Å². The van der Waals surface area contributed by atoms with Crippen LogP contribution >= 0.6 is 0 Å². The van der Waals surface area contributed by atoms with Gasteiger partial charge in [-0.3, -0.25) is 28.8 Å². The first kappa shape index (κ1) is 105. The number of rotatable bonds is 40. The minimum Gasteiger partial charge on any atom is -0.469 e. The van der Waals surface area contributed by atoms with Crippen LogP contribution in [0, 0.1) is 23.7 Å². The molecule has 24 heteroatoms. The quantitative estimate of drug-likeness (QED) is 0.0159. The molecule has 0 aliphatic carbocycles. The first-order valence-corrected chi connectivity index (χ1v) is 45.2. The Kier molecular flexibility index (Phi) is 41.1. The lowest BCUT2D eigenvalue weighted by atomic mass is 9.89. The highest BCUT2D eigenvalue weighted by Crippen LogP contribution is 2.30. The SMILES string of the molecule is C=C(N)c1cccc(CC(C(=O)OC)C(CC)NC(=O)c2ccc(-c3cccc(CN)c3)cc2)c1.C=C(N)c1cccc(CC(C(=O)OC)C(CO)NC(=O)c2ccc(-c3cccc(CN)c3)cc2)c1.C=C(N)c1cccc(CC(CO)C(CC)NC(=O)c2ccc(-c3cccc(CN)c3)cc2)c1.C=C(N)c1cccc(CC(CO)C(CO)NC(=O)c2ccc(-c3cccc(CN)c3)cc2)c1. The highest BCUT2D eigenvalue weighted by molar-refractivity contribution is 5.97. The number of ether oxygens (including phenoxy) is 2. The molecule has 0 radical (unpaired) electrons. The van der Waals surface area contributed by atoms with Gasteiger partial charge in [0, 0.05) is 108 Å². The zero-order valence-electron chi connectivity index (χ0n) is 77.7. The van der Waals surface area contributed by atoms with E-state index in [1.54, 1.807) is 36.4 Å². The Morgan fingerprint density at radius 2 is 0.500 bits per heavy atom. The predicted octanol–water partition coefficient (Wildman–Crippen LogP) is 13.9. The molecule has 12 aromatic rings. The van der Waals surface area contributed by atoms with Crippen LogP contribution in [0.5, 0.6) is 0 Å². The fraction of sp³-hybridized carbons (Fsp3) is 0.232. The normalized spacial score (nSPS) is 12.6. The lowest BCUT2D eigenvalue weighted by Gasteiger charge is -2.26. The number of nitrogens with two attached hydrogens (primary N) is 8. The number of amides is 4. The van der Waals surface area contributed by atoms with Crippen LogP contribution in [-0.2, 0) is 70.9 Å². The number of carbonyl (C=O) groups excluding carboxylic acids is 6. The van der Waals surface area contributed by atoms with E-state index in [4.69, 9.17) is 55.3 Å². The summed E-state index contributed by atoms with van der Waals surface area (Å²) in [6.45, 7) is 20.0. The van der Waals surface area contributed by atoms with Gasteiger partial charge in [-0.15, -0.1) is 0 Å². The summed E-state index contributed by atoms with van der Waals surface area (Å²) in [6.07, 6.45) is 3.04. The summed E-state index contributed by atoms with van der Waals surface area (Å²) in [7, 11) is 2.64. The van der Waals surface area contributed by atoms with Gasteiger partial charge in [0.25, 0.3) is 23.6 Å². The molecule has 0 aromatic heterocycles. The van der Waals surface area contributed by atoms with Gasteiger partial charge in [0.1, 0.15) is 0 Å². The molecule has 0 fully saturated rings. The van der Waals surface area contributed by atoms with Crippen LogP contribution in [0.4, 0.5) is 0 Å². The summed E-state index contributed by atoms with van der Waals surface area (Å²) in [4.78, 5) is 77.0. The first-order chi connectivity index (χ1) is 65.6. The molecular formula is C112H128N12O12. The largest absolute Gasteiger partial charge is 0.469 e. The predicted molar refractivity (Wildman–Crippen MR) is 544 cm³/mol. The van der Waals surface area contributed by atoms with Crippen molar-refractivity contribution in [3.8, 4) is 44.5 Å². The van der Waals surface area contributed by atoms with Crippen molar-refractivity contribution in [3.05, 3.63) is 407 Å². The van der Waals surface area contributed by atoms with Gasteiger partial charge in [0.15, 0.2) is 0 Å². The van der Waals surface area contributed by atoms with E-state index in [1.165, 1.54) is 14.2 Å². The Balaban J connectivity index is 0.000000203. The topological polar surface area (TPSA) is 458 Å². The van der Waals surface area contributed by atoms with Crippen LogP contribution in [0.15, 0.2) is 318 Å². The average molecular weight is 1830 g/mol. The molecule has 0 saturated heterocycles. The van der Waals surface area contributed by atoms with E-state index in [-0.39, 0.29) is 67.8 Å². The fourth-order valence-electron chi connectivity index (χ4n) is 15.9. The number of aliphatic hydroxyl groups excluding tert-OH is 4. The number of nitrogens with one attached hydrogen (secondary N) is 4. The van der Waals surface area contributed by atoms with Gasteiger partial charge >= 0.3 is 11.9 Å². The maximum atomic E-state index is 13.1. The molecule has 0 saturated carbocycles. The molecule has 12 aromatic carbocycles. The molecule has 8 unspecified atom stereocenters. The molecule has 0 spiro atoms. The fourth-order valence-corrected chi connectivity index (χ4v) is 15.9. The Morgan fingerprint density at radius 1 is 0.272 bits per heavy atom. The van der Waals surface area contributed by atoms with Crippen LogP contribution in [-0.4, -0.2) is 121 Å². The van der Waals surface area contributed by atoms with Crippen LogP contribution in [0.25, 0.3) is 67.3 Å².